The van der Waals surface area contributed by atoms with Crippen molar-refractivity contribution in [3.63, 3.8) is 0 Å². The summed E-state index contributed by atoms with van der Waals surface area (Å²) in [5.41, 5.74) is 0. The standard InChI is InChI=1S/C15H23N3O3S/c1-4-21-14(20)12-6-5-8-18(10-12)13(19)11(2)22-15-16-7-9-17(15)3/h7,9,11-12H,4-6,8,10H2,1-3H3. The van der Waals surface area contributed by atoms with Gasteiger partial charge in [0, 0.05) is 32.5 Å². The Morgan fingerprint density at radius 2 is 2.32 bits per heavy atom. The summed E-state index contributed by atoms with van der Waals surface area (Å²) < 4.78 is 6.97. The first kappa shape index (κ1) is 16.9. The van der Waals surface area contributed by atoms with E-state index in [2.05, 4.69) is 4.98 Å². The Bertz CT molecular complexity index is 532. The van der Waals surface area contributed by atoms with Gasteiger partial charge in [0.2, 0.25) is 5.91 Å². The zero-order valence-electron chi connectivity index (χ0n) is 13.3. The van der Waals surface area contributed by atoms with Crippen molar-refractivity contribution in [2.75, 3.05) is 19.7 Å². The van der Waals surface area contributed by atoms with Gasteiger partial charge in [-0.15, -0.1) is 0 Å². The summed E-state index contributed by atoms with van der Waals surface area (Å²) in [5.74, 6) is -0.325. The Hall–Kier alpha value is -1.50. The molecule has 0 radical (unpaired) electrons. The van der Waals surface area contributed by atoms with Gasteiger partial charge in [0.15, 0.2) is 5.16 Å². The van der Waals surface area contributed by atoms with Crippen LogP contribution < -0.4 is 0 Å². The molecule has 2 rings (SSSR count). The van der Waals surface area contributed by atoms with Crippen LogP contribution in [0.15, 0.2) is 17.6 Å². The minimum absolute atomic E-state index is 0.0574. The lowest BCUT2D eigenvalue weighted by Crippen LogP contribution is -2.45. The van der Waals surface area contributed by atoms with Crippen LogP contribution in [0.25, 0.3) is 0 Å². The lowest BCUT2D eigenvalue weighted by Gasteiger charge is -2.33. The van der Waals surface area contributed by atoms with E-state index in [0.717, 1.165) is 18.0 Å². The maximum absolute atomic E-state index is 12.6. The minimum atomic E-state index is -0.220. The number of aryl methyl sites for hydroxylation is 1. The van der Waals surface area contributed by atoms with Gasteiger partial charge in [0.1, 0.15) is 0 Å². The van der Waals surface area contributed by atoms with Crippen LogP contribution in [0.3, 0.4) is 0 Å². The van der Waals surface area contributed by atoms with Gasteiger partial charge in [0.05, 0.1) is 17.8 Å². The van der Waals surface area contributed by atoms with E-state index in [1.807, 2.05) is 24.7 Å². The average molecular weight is 325 g/mol. The van der Waals surface area contributed by atoms with Gasteiger partial charge in [-0.25, -0.2) is 4.98 Å². The number of esters is 1. The summed E-state index contributed by atoms with van der Waals surface area (Å²) in [7, 11) is 1.91. The van der Waals surface area contributed by atoms with E-state index in [-0.39, 0.29) is 23.0 Å². The smallest absolute Gasteiger partial charge is 0.310 e. The number of hydrogen-bond donors (Lipinski definition) is 0. The van der Waals surface area contributed by atoms with Crippen LogP contribution in [0.4, 0.5) is 0 Å². The number of nitrogens with zero attached hydrogens (tertiary/aromatic N) is 3. The van der Waals surface area contributed by atoms with E-state index in [4.69, 9.17) is 4.74 Å². The van der Waals surface area contributed by atoms with Gasteiger partial charge in [0.25, 0.3) is 0 Å². The number of imidazole rings is 1. The monoisotopic (exact) mass is 325 g/mol. The number of thioether (sulfide) groups is 1. The zero-order chi connectivity index (χ0) is 16.1. The molecule has 1 fully saturated rings. The van der Waals surface area contributed by atoms with E-state index in [0.29, 0.717) is 19.7 Å². The highest BCUT2D eigenvalue weighted by molar-refractivity contribution is 8.00. The number of aromatic nitrogens is 2. The molecule has 1 aromatic rings. The third-order valence-electron chi connectivity index (χ3n) is 3.76. The van der Waals surface area contributed by atoms with Crippen molar-refractivity contribution in [2.45, 2.75) is 37.1 Å². The quantitative estimate of drug-likeness (QED) is 0.609. The molecule has 1 aromatic heterocycles. The molecule has 1 aliphatic heterocycles. The second-order valence-corrected chi connectivity index (χ2v) is 6.76. The molecule has 0 bridgehead atoms. The summed E-state index contributed by atoms with van der Waals surface area (Å²) in [5, 5.41) is 0.599. The fraction of sp³-hybridized carbons (Fsp3) is 0.667. The third-order valence-corrected chi connectivity index (χ3v) is 4.92. The highest BCUT2D eigenvalue weighted by atomic mass is 32.2. The summed E-state index contributed by atoms with van der Waals surface area (Å²) >= 11 is 1.44. The molecule has 0 saturated carbocycles. The van der Waals surface area contributed by atoms with Crippen LogP contribution >= 0.6 is 11.8 Å². The van der Waals surface area contributed by atoms with Gasteiger partial charge in [-0.3, -0.25) is 9.59 Å². The van der Waals surface area contributed by atoms with Crippen molar-refractivity contribution >= 4 is 23.6 Å². The summed E-state index contributed by atoms with van der Waals surface area (Å²) in [6.07, 6.45) is 5.22. The predicted octanol–water partition coefficient (Wildman–Crippen LogP) is 1.70. The van der Waals surface area contributed by atoms with Gasteiger partial charge in [-0.1, -0.05) is 11.8 Å². The van der Waals surface area contributed by atoms with Crippen LogP contribution in [0.2, 0.25) is 0 Å². The Morgan fingerprint density at radius 1 is 1.55 bits per heavy atom. The maximum Gasteiger partial charge on any atom is 0.310 e. The summed E-state index contributed by atoms with van der Waals surface area (Å²) in [6.45, 7) is 5.24. The first-order chi connectivity index (χ1) is 10.5. The molecule has 0 aliphatic carbocycles. The normalized spacial score (nSPS) is 19.8. The highest BCUT2D eigenvalue weighted by Crippen LogP contribution is 2.25. The van der Waals surface area contributed by atoms with Gasteiger partial charge in [-0.05, 0) is 26.7 Å². The van der Waals surface area contributed by atoms with E-state index in [1.165, 1.54) is 11.8 Å². The Balaban J connectivity index is 1.93. The Kier molecular flexibility index (Phi) is 5.88. The number of rotatable bonds is 5. The molecule has 0 aromatic carbocycles. The molecule has 0 spiro atoms. The number of piperidine rings is 1. The largest absolute Gasteiger partial charge is 0.466 e. The molecule has 2 heterocycles. The number of hydrogen-bond acceptors (Lipinski definition) is 5. The minimum Gasteiger partial charge on any atom is -0.466 e. The molecule has 6 nitrogen and oxygen atoms in total. The van der Waals surface area contributed by atoms with Gasteiger partial charge >= 0.3 is 5.97 Å². The molecule has 122 valence electrons. The van der Waals surface area contributed by atoms with Crippen molar-refractivity contribution in [3.05, 3.63) is 12.4 Å². The van der Waals surface area contributed by atoms with Gasteiger partial charge in [-0.2, -0.15) is 0 Å². The summed E-state index contributed by atoms with van der Waals surface area (Å²) in [4.78, 5) is 30.5. The fourth-order valence-electron chi connectivity index (χ4n) is 2.56. The van der Waals surface area contributed by atoms with Crippen LogP contribution in [-0.4, -0.2) is 51.3 Å². The fourth-order valence-corrected chi connectivity index (χ4v) is 3.48. The predicted molar refractivity (Wildman–Crippen MR) is 84.5 cm³/mol. The van der Waals surface area contributed by atoms with E-state index in [9.17, 15) is 9.59 Å². The molecule has 0 N–H and O–H groups in total. The SMILES string of the molecule is CCOC(=O)C1CCCN(C(=O)C(C)Sc2nccn2C)C1. The number of carbonyl (C=O) groups excluding carboxylic acids is 2. The highest BCUT2D eigenvalue weighted by Gasteiger charge is 2.31. The molecular weight excluding hydrogens is 302 g/mol. The van der Waals surface area contributed by atoms with Crippen molar-refractivity contribution < 1.29 is 14.3 Å². The first-order valence-corrected chi connectivity index (χ1v) is 8.50. The van der Waals surface area contributed by atoms with E-state index >= 15 is 0 Å². The molecule has 2 atom stereocenters. The maximum atomic E-state index is 12.6. The van der Waals surface area contributed by atoms with E-state index in [1.54, 1.807) is 18.0 Å². The lowest BCUT2D eigenvalue weighted by atomic mass is 9.98. The molecule has 1 saturated heterocycles. The molecule has 7 heteroatoms. The van der Waals surface area contributed by atoms with Gasteiger partial charge < -0.3 is 14.2 Å². The van der Waals surface area contributed by atoms with Crippen molar-refractivity contribution in [1.29, 1.82) is 0 Å². The zero-order valence-corrected chi connectivity index (χ0v) is 14.1. The Labute approximate surface area is 135 Å². The van der Waals surface area contributed by atoms with Crippen LogP contribution in [0.5, 0.6) is 0 Å². The number of likely N-dealkylation sites (tertiary alicyclic amines) is 1. The van der Waals surface area contributed by atoms with Crippen molar-refractivity contribution in [2.24, 2.45) is 13.0 Å². The van der Waals surface area contributed by atoms with Crippen LogP contribution in [-0.2, 0) is 21.4 Å². The van der Waals surface area contributed by atoms with Crippen molar-refractivity contribution in [1.82, 2.24) is 14.5 Å². The summed E-state index contributed by atoms with van der Waals surface area (Å²) in [6, 6.07) is 0. The average Bonchev–Trinajstić information content (AvgIpc) is 2.92. The number of amides is 1. The second-order valence-electron chi connectivity index (χ2n) is 5.46. The van der Waals surface area contributed by atoms with Crippen LogP contribution in [0, 0.1) is 5.92 Å². The second kappa shape index (κ2) is 7.67. The number of carbonyl (C=O) groups is 2. The van der Waals surface area contributed by atoms with Crippen LogP contribution in [0.1, 0.15) is 26.7 Å². The third kappa shape index (κ3) is 4.03. The molecular formula is C15H23N3O3S. The molecule has 1 aliphatic rings. The lowest BCUT2D eigenvalue weighted by molar-refractivity contribution is -0.151. The van der Waals surface area contributed by atoms with Crippen molar-refractivity contribution in [3.8, 4) is 0 Å². The first-order valence-electron chi connectivity index (χ1n) is 7.62. The molecule has 2 unspecified atom stereocenters. The van der Waals surface area contributed by atoms with E-state index < -0.39 is 0 Å². The number of ether oxygens (including phenoxy) is 1. The Morgan fingerprint density at radius 3 is 2.95 bits per heavy atom. The molecule has 1 amide bonds. The molecule has 22 heavy (non-hydrogen) atoms. The topological polar surface area (TPSA) is 64.4 Å².